The molecule has 6 nitrogen and oxygen atoms in total. The topological polar surface area (TPSA) is 67.9 Å². The zero-order valence-corrected chi connectivity index (χ0v) is 18.9. The Balaban J connectivity index is 1.74. The molecule has 1 aliphatic rings. The summed E-state index contributed by atoms with van der Waals surface area (Å²) in [7, 11) is 0. The molecule has 168 valence electrons. The minimum atomic E-state index is -0.418. The van der Waals surface area contributed by atoms with Gasteiger partial charge in [0.25, 0.3) is 11.8 Å². The molecule has 4 rings (SSSR count). The number of anilines is 2. The van der Waals surface area contributed by atoms with E-state index < -0.39 is 5.91 Å². The molecule has 0 spiro atoms. The number of carbonyl (C=O) groups is 2. The Morgan fingerprint density at radius 2 is 1.45 bits per heavy atom. The van der Waals surface area contributed by atoms with Crippen LogP contribution < -0.4 is 19.7 Å². The first-order valence-electron chi connectivity index (χ1n) is 10.9. The van der Waals surface area contributed by atoms with E-state index in [4.69, 9.17) is 9.47 Å². The van der Waals surface area contributed by atoms with Gasteiger partial charge in [-0.15, -0.1) is 0 Å². The van der Waals surface area contributed by atoms with Gasteiger partial charge in [0.2, 0.25) is 0 Å². The molecule has 1 N–H and O–H groups in total. The van der Waals surface area contributed by atoms with Crippen molar-refractivity contribution in [2.24, 2.45) is 0 Å². The number of rotatable bonds is 8. The van der Waals surface area contributed by atoms with Gasteiger partial charge in [-0.2, -0.15) is 0 Å². The Morgan fingerprint density at radius 3 is 2.12 bits per heavy atom. The standard InChI is InChI=1S/C27H26N2O4/c1-4-32-22-15-13-20(14-16-22)28-25-24(19-11-9-18(3)10-12-19)26(30)29(27(25)31)21-7-6-8-23(17-21)33-5-2/h6-17,28H,4-5H2,1-3H3. The van der Waals surface area contributed by atoms with Gasteiger partial charge in [0.05, 0.1) is 24.5 Å². The Morgan fingerprint density at radius 1 is 0.788 bits per heavy atom. The van der Waals surface area contributed by atoms with Gasteiger partial charge in [-0.05, 0) is 62.7 Å². The average molecular weight is 443 g/mol. The summed E-state index contributed by atoms with van der Waals surface area (Å²) in [6.07, 6.45) is 0. The van der Waals surface area contributed by atoms with Crippen molar-refractivity contribution in [3.63, 3.8) is 0 Å². The Kier molecular flexibility index (Phi) is 6.45. The Hall–Kier alpha value is -4.06. The van der Waals surface area contributed by atoms with E-state index in [9.17, 15) is 9.59 Å². The van der Waals surface area contributed by atoms with Crippen molar-refractivity contribution < 1.29 is 19.1 Å². The van der Waals surface area contributed by atoms with Crippen LogP contribution in [0.1, 0.15) is 25.0 Å². The van der Waals surface area contributed by atoms with E-state index in [-0.39, 0.29) is 11.6 Å². The first kappa shape index (κ1) is 22.1. The summed E-state index contributed by atoms with van der Waals surface area (Å²) in [6.45, 7) is 6.84. The predicted octanol–water partition coefficient (Wildman–Crippen LogP) is 5.19. The third-order valence-electron chi connectivity index (χ3n) is 5.25. The van der Waals surface area contributed by atoms with Crippen molar-refractivity contribution >= 4 is 28.8 Å². The third-order valence-corrected chi connectivity index (χ3v) is 5.25. The number of amides is 2. The van der Waals surface area contributed by atoms with Gasteiger partial charge in [-0.1, -0.05) is 35.9 Å². The van der Waals surface area contributed by atoms with Crippen LogP contribution in [0.2, 0.25) is 0 Å². The summed E-state index contributed by atoms with van der Waals surface area (Å²) in [5.41, 5.74) is 3.45. The number of hydrogen-bond acceptors (Lipinski definition) is 5. The molecular formula is C27H26N2O4. The third kappa shape index (κ3) is 4.60. The van der Waals surface area contributed by atoms with Crippen molar-refractivity contribution in [3.8, 4) is 11.5 Å². The van der Waals surface area contributed by atoms with E-state index in [0.29, 0.717) is 41.5 Å². The molecule has 0 bridgehead atoms. The highest BCUT2D eigenvalue weighted by Crippen LogP contribution is 2.35. The fourth-order valence-electron chi connectivity index (χ4n) is 3.69. The number of carbonyl (C=O) groups excluding carboxylic acids is 2. The Bertz CT molecular complexity index is 1200. The fraction of sp³-hybridized carbons (Fsp3) is 0.185. The lowest BCUT2D eigenvalue weighted by Gasteiger charge is -2.16. The van der Waals surface area contributed by atoms with Crippen LogP contribution in [0.4, 0.5) is 11.4 Å². The number of ether oxygens (including phenoxy) is 2. The van der Waals surface area contributed by atoms with Crippen LogP contribution in [0, 0.1) is 6.92 Å². The van der Waals surface area contributed by atoms with Crippen LogP contribution in [0.15, 0.2) is 78.5 Å². The van der Waals surface area contributed by atoms with Crippen LogP contribution in [0.25, 0.3) is 5.57 Å². The molecule has 0 radical (unpaired) electrons. The quantitative estimate of drug-likeness (QED) is 0.487. The molecule has 0 fully saturated rings. The van der Waals surface area contributed by atoms with E-state index in [1.807, 2.05) is 69.3 Å². The minimum Gasteiger partial charge on any atom is -0.494 e. The fourth-order valence-corrected chi connectivity index (χ4v) is 3.69. The summed E-state index contributed by atoms with van der Waals surface area (Å²) >= 11 is 0. The second kappa shape index (κ2) is 9.61. The lowest BCUT2D eigenvalue weighted by atomic mass is 10.0. The first-order valence-corrected chi connectivity index (χ1v) is 10.9. The van der Waals surface area contributed by atoms with Gasteiger partial charge in [0, 0.05) is 11.8 Å². The van der Waals surface area contributed by atoms with Gasteiger partial charge in [0.1, 0.15) is 17.2 Å². The molecule has 1 aliphatic heterocycles. The molecule has 0 saturated carbocycles. The number of aryl methyl sites for hydroxylation is 1. The highest BCUT2D eigenvalue weighted by atomic mass is 16.5. The van der Waals surface area contributed by atoms with Crippen LogP contribution in [-0.2, 0) is 9.59 Å². The van der Waals surface area contributed by atoms with Gasteiger partial charge in [-0.3, -0.25) is 9.59 Å². The number of nitrogens with one attached hydrogen (secondary N) is 1. The monoisotopic (exact) mass is 442 g/mol. The highest BCUT2D eigenvalue weighted by molar-refractivity contribution is 6.46. The van der Waals surface area contributed by atoms with Crippen molar-refractivity contribution in [1.82, 2.24) is 0 Å². The van der Waals surface area contributed by atoms with Gasteiger partial charge in [0.15, 0.2) is 0 Å². The van der Waals surface area contributed by atoms with Crippen molar-refractivity contribution in [2.45, 2.75) is 20.8 Å². The molecule has 6 heteroatoms. The summed E-state index contributed by atoms with van der Waals surface area (Å²) in [5.74, 6) is 0.531. The van der Waals surface area contributed by atoms with Crippen LogP contribution in [-0.4, -0.2) is 25.0 Å². The number of benzene rings is 3. The number of nitrogens with zero attached hydrogens (tertiary/aromatic N) is 1. The molecular weight excluding hydrogens is 416 g/mol. The average Bonchev–Trinajstić information content (AvgIpc) is 3.05. The van der Waals surface area contributed by atoms with E-state index in [2.05, 4.69) is 5.32 Å². The maximum absolute atomic E-state index is 13.6. The largest absolute Gasteiger partial charge is 0.494 e. The summed E-state index contributed by atoms with van der Waals surface area (Å²) in [5, 5.41) is 3.17. The van der Waals surface area contributed by atoms with Gasteiger partial charge >= 0.3 is 0 Å². The molecule has 33 heavy (non-hydrogen) atoms. The van der Waals surface area contributed by atoms with Crippen molar-refractivity contribution in [3.05, 3.63) is 89.6 Å². The highest BCUT2D eigenvalue weighted by Gasteiger charge is 2.40. The molecule has 3 aromatic carbocycles. The molecule has 1 heterocycles. The molecule has 0 saturated heterocycles. The normalized spacial score (nSPS) is 13.5. The Labute approximate surface area is 193 Å². The van der Waals surface area contributed by atoms with E-state index in [1.54, 1.807) is 24.3 Å². The summed E-state index contributed by atoms with van der Waals surface area (Å²) < 4.78 is 11.1. The second-order valence-corrected chi connectivity index (χ2v) is 7.57. The van der Waals surface area contributed by atoms with Gasteiger partial charge in [-0.25, -0.2) is 4.90 Å². The van der Waals surface area contributed by atoms with Crippen molar-refractivity contribution in [1.29, 1.82) is 0 Å². The smallest absolute Gasteiger partial charge is 0.282 e. The predicted molar refractivity (Wildman–Crippen MR) is 129 cm³/mol. The zero-order chi connectivity index (χ0) is 23.4. The number of imide groups is 1. The molecule has 0 atom stereocenters. The van der Waals surface area contributed by atoms with Crippen LogP contribution in [0.5, 0.6) is 11.5 Å². The summed E-state index contributed by atoms with van der Waals surface area (Å²) in [6, 6.07) is 21.8. The van der Waals surface area contributed by atoms with Crippen LogP contribution >= 0.6 is 0 Å². The molecule has 0 aliphatic carbocycles. The maximum Gasteiger partial charge on any atom is 0.282 e. The van der Waals surface area contributed by atoms with Crippen molar-refractivity contribution in [2.75, 3.05) is 23.4 Å². The maximum atomic E-state index is 13.6. The second-order valence-electron chi connectivity index (χ2n) is 7.57. The van der Waals surface area contributed by atoms with Gasteiger partial charge < -0.3 is 14.8 Å². The zero-order valence-electron chi connectivity index (χ0n) is 18.9. The SMILES string of the molecule is CCOc1ccc(NC2=C(c3ccc(C)cc3)C(=O)N(c3cccc(OCC)c3)C2=O)cc1. The molecule has 0 aromatic heterocycles. The molecule has 3 aromatic rings. The number of hydrogen-bond donors (Lipinski definition) is 1. The first-order chi connectivity index (χ1) is 16.0. The summed E-state index contributed by atoms with van der Waals surface area (Å²) in [4.78, 5) is 28.3. The lowest BCUT2D eigenvalue weighted by Crippen LogP contribution is -2.32. The molecule has 2 amide bonds. The van der Waals surface area contributed by atoms with E-state index in [0.717, 1.165) is 11.3 Å². The lowest BCUT2D eigenvalue weighted by molar-refractivity contribution is -0.120. The van der Waals surface area contributed by atoms with E-state index in [1.165, 1.54) is 4.90 Å². The van der Waals surface area contributed by atoms with Crippen LogP contribution in [0.3, 0.4) is 0 Å². The minimum absolute atomic E-state index is 0.231. The molecule has 0 unspecified atom stereocenters. The van der Waals surface area contributed by atoms with E-state index >= 15 is 0 Å².